The van der Waals surface area contributed by atoms with Gasteiger partial charge in [-0.3, -0.25) is 0 Å². The van der Waals surface area contributed by atoms with E-state index in [-0.39, 0.29) is 11.8 Å². The molecule has 1 fully saturated rings. The third kappa shape index (κ3) is 5.61. The Bertz CT molecular complexity index is 643. The summed E-state index contributed by atoms with van der Waals surface area (Å²) in [5.41, 5.74) is 1.18. The van der Waals surface area contributed by atoms with Gasteiger partial charge in [0, 0.05) is 52.0 Å². The maximum Gasteiger partial charge on any atom is 0.317 e. The lowest BCUT2D eigenvalue weighted by Gasteiger charge is -2.36. The lowest BCUT2D eigenvalue weighted by atomic mass is 10.2. The number of carbonyl (C=O) groups is 1. The van der Waals surface area contributed by atoms with Gasteiger partial charge in [-0.2, -0.15) is 0 Å². The Morgan fingerprint density at radius 1 is 1.16 bits per heavy atom. The van der Waals surface area contributed by atoms with Gasteiger partial charge in [0.2, 0.25) is 10.0 Å². The Kier molecular flexibility index (Phi) is 7.07. The molecule has 1 saturated heterocycles. The summed E-state index contributed by atoms with van der Waals surface area (Å²) in [7, 11) is -1.57. The molecule has 0 bridgehead atoms. The number of rotatable bonds is 7. The molecule has 0 radical (unpaired) electrons. The minimum atomic E-state index is -3.15. The minimum Gasteiger partial charge on any atom is -0.368 e. The van der Waals surface area contributed by atoms with E-state index < -0.39 is 10.0 Å². The van der Waals surface area contributed by atoms with E-state index in [0.29, 0.717) is 32.6 Å². The van der Waals surface area contributed by atoms with E-state index >= 15 is 0 Å². The van der Waals surface area contributed by atoms with Crippen LogP contribution in [0.25, 0.3) is 0 Å². The number of nitrogens with zero attached hydrogens (tertiary/aromatic N) is 3. The summed E-state index contributed by atoms with van der Waals surface area (Å²) < 4.78 is 24.6. The fourth-order valence-electron chi connectivity index (χ4n) is 2.77. The fourth-order valence-corrected chi connectivity index (χ4v) is 3.62. The van der Waals surface area contributed by atoms with Crippen molar-refractivity contribution in [3.05, 3.63) is 30.3 Å². The highest BCUT2D eigenvalue weighted by Crippen LogP contribution is 2.15. The molecular weight excluding hydrogens is 340 g/mol. The standard InChI is InChI=1S/C17H28N4O3S/c1-3-25(23,24)19(2)11-7-10-18-17(22)21-14-12-20(13-15-21)16-8-5-4-6-9-16/h4-6,8-9H,3,7,10-15H2,1-2H3,(H,18,22). The summed E-state index contributed by atoms with van der Waals surface area (Å²) in [4.78, 5) is 16.3. The number of piperazine rings is 1. The van der Waals surface area contributed by atoms with E-state index in [1.165, 1.54) is 9.99 Å². The number of benzene rings is 1. The SMILES string of the molecule is CCS(=O)(=O)N(C)CCCNC(=O)N1CCN(c2ccccc2)CC1. The van der Waals surface area contributed by atoms with Crippen LogP contribution < -0.4 is 10.2 Å². The molecule has 1 aromatic rings. The van der Waals surface area contributed by atoms with Crippen molar-refractivity contribution in [1.29, 1.82) is 0 Å². The first-order valence-electron chi connectivity index (χ1n) is 8.71. The first-order valence-corrected chi connectivity index (χ1v) is 10.3. The largest absolute Gasteiger partial charge is 0.368 e. The fraction of sp³-hybridized carbons (Fsp3) is 0.588. The molecule has 0 aliphatic carbocycles. The number of carbonyl (C=O) groups excluding carboxylic acids is 1. The van der Waals surface area contributed by atoms with Crippen LogP contribution >= 0.6 is 0 Å². The van der Waals surface area contributed by atoms with E-state index in [9.17, 15) is 13.2 Å². The molecule has 1 aromatic carbocycles. The van der Waals surface area contributed by atoms with Crippen LogP contribution in [0.3, 0.4) is 0 Å². The summed E-state index contributed by atoms with van der Waals surface area (Å²) in [5.74, 6) is 0.0988. The summed E-state index contributed by atoms with van der Waals surface area (Å²) in [6.07, 6.45) is 0.603. The van der Waals surface area contributed by atoms with Crippen LogP contribution in [0.15, 0.2) is 30.3 Å². The topological polar surface area (TPSA) is 73.0 Å². The lowest BCUT2D eigenvalue weighted by Crippen LogP contribution is -2.52. The van der Waals surface area contributed by atoms with Gasteiger partial charge >= 0.3 is 6.03 Å². The average Bonchev–Trinajstić information content (AvgIpc) is 2.65. The molecule has 2 rings (SSSR count). The van der Waals surface area contributed by atoms with Crippen LogP contribution in [0.4, 0.5) is 10.5 Å². The Morgan fingerprint density at radius 3 is 2.40 bits per heavy atom. The first-order chi connectivity index (χ1) is 11.9. The van der Waals surface area contributed by atoms with Gasteiger partial charge in [0.05, 0.1) is 5.75 Å². The Labute approximate surface area is 150 Å². The number of amides is 2. The van der Waals surface area contributed by atoms with Crippen molar-refractivity contribution in [1.82, 2.24) is 14.5 Å². The molecule has 1 aliphatic heterocycles. The zero-order valence-corrected chi connectivity index (χ0v) is 15.8. The van der Waals surface area contributed by atoms with E-state index in [4.69, 9.17) is 0 Å². The van der Waals surface area contributed by atoms with Gasteiger partial charge in [0.25, 0.3) is 0 Å². The summed E-state index contributed by atoms with van der Waals surface area (Å²) in [5, 5.41) is 2.88. The van der Waals surface area contributed by atoms with Gasteiger partial charge in [-0.1, -0.05) is 18.2 Å². The second kappa shape index (κ2) is 9.05. The lowest BCUT2D eigenvalue weighted by molar-refractivity contribution is 0.194. The Balaban J connectivity index is 1.67. The van der Waals surface area contributed by atoms with Crippen molar-refractivity contribution in [2.75, 3.05) is 57.0 Å². The second-order valence-corrected chi connectivity index (χ2v) is 8.48. The minimum absolute atomic E-state index is 0.0753. The second-order valence-electron chi connectivity index (χ2n) is 6.12. The number of para-hydroxylation sites is 1. The van der Waals surface area contributed by atoms with Crippen molar-refractivity contribution >= 4 is 21.7 Å². The molecule has 0 unspecified atom stereocenters. The van der Waals surface area contributed by atoms with Crippen LogP contribution in [0.5, 0.6) is 0 Å². The summed E-state index contributed by atoms with van der Waals surface area (Å²) in [6.45, 7) is 5.52. The first kappa shape index (κ1) is 19.5. The molecule has 8 heteroatoms. The van der Waals surface area contributed by atoms with E-state index in [1.54, 1.807) is 14.0 Å². The maximum absolute atomic E-state index is 12.2. The zero-order valence-electron chi connectivity index (χ0n) is 15.0. The molecule has 0 spiro atoms. The number of hydrogen-bond acceptors (Lipinski definition) is 4. The Hall–Kier alpha value is -1.80. The Morgan fingerprint density at radius 2 is 1.80 bits per heavy atom. The van der Waals surface area contributed by atoms with Gasteiger partial charge in [-0.25, -0.2) is 17.5 Å². The number of urea groups is 1. The predicted molar refractivity (Wildman–Crippen MR) is 100 cm³/mol. The van der Waals surface area contributed by atoms with Crippen LogP contribution in [-0.2, 0) is 10.0 Å². The van der Waals surface area contributed by atoms with Crippen molar-refractivity contribution < 1.29 is 13.2 Å². The van der Waals surface area contributed by atoms with Gasteiger partial charge in [-0.05, 0) is 25.5 Å². The van der Waals surface area contributed by atoms with E-state index in [1.807, 2.05) is 23.1 Å². The highest BCUT2D eigenvalue weighted by atomic mass is 32.2. The number of sulfonamides is 1. The summed E-state index contributed by atoms with van der Waals surface area (Å²) in [6, 6.07) is 10.1. The van der Waals surface area contributed by atoms with Crippen molar-refractivity contribution in [3.63, 3.8) is 0 Å². The van der Waals surface area contributed by atoms with Gasteiger partial charge in [-0.15, -0.1) is 0 Å². The van der Waals surface area contributed by atoms with Gasteiger partial charge in [0.15, 0.2) is 0 Å². The van der Waals surface area contributed by atoms with Crippen LogP contribution in [0, 0.1) is 0 Å². The highest BCUT2D eigenvalue weighted by molar-refractivity contribution is 7.89. The smallest absolute Gasteiger partial charge is 0.317 e. The highest BCUT2D eigenvalue weighted by Gasteiger charge is 2.21. The zero-order chi connectivity index (χ0) is 18.3. The molecule has 1 aliphatic rings. The molecule has 25 heavy (non-hydrogen) atoms. The predicted octanol–water partition coefficient (Wildman–Crippen LogP) is 1.19. The van der Waals surface area contributed by atoms with E-state index in [0.717, 1.165) is 13.1 Å². The van der Waals surface area contributed by atoms with Crippen LogP contribution in [0.2, 0.25) is 0 Å². The van der Waals surface area contributed by atoms with Crippen LogP contribution in [0.1, 0.15) is 13.3 Å². The molecule has 2 amide bonds. The van der Waals surface area contributed by atoms with Gasteiger partial charge < -0.3 is 15.1 Å². The molecule has 7 nitrogen and oxygen atoms in total. The number of nitrogens with one attached hydrogen (secondary N) is 1. The number of hydrogen-bond donors (Lipinski definition) is 1. The van der Waals surface area contributed by atoms with Crippen molar-refractivity contribution in [2.45, 2.75) is 13.3 Å². The molecule has 1 N–H and O–H groups in total. The van der Waals surface area contributed by atoms with Crippen LogP contribution in [-0.4, -0.2) is 75.7 Å². The third-order valence-corrected chi connectivity index (χ3v) is 6.32. The molecule has 140 valence electrons. The quantitative estimate of drug-likeness (QED) is 0.734. The number of anilines is 1. The van der Waals surface area contributed by atoms with Gasteiger partial charge in [0.1, 0.15) is 0 Å². The van der Waals surface area contributed by atoms with Crippen molar-refractivity contribution in [2.24, 2.45) is 0 Å². The van der Waals surface area contributed by atoms with Crippen molar-refractivity contribution in [3.8, 4) is 0 Å². The molecular formula is C17H28N4O3S. The molecule has 0 aromatic heterocycles. The average molecular weight is 369 g/mol. The normalized spacial score (nSPS) is 15.5. The van der Waals surface area contributed by atoms with E-state index in [2.05, 4.69) is 22.3 Å². The molecule has 0 atom stereocenters. The molecule has 1 heterocycles. The third-order valence-electron chi connectivity index (χ3n) is 4.45. The monoisotopic (exact) mass is 368 g/mol. The summed E-state index contributed by atoms with van der Waals surface area (Å²) >= 11 is 0. The molecule has 0 saturated carbocycles. The maximum atomic E-state index is 12.2.